The highest BCUT2D eigenvalue weighted by atomic mass is 16.5. The van der Waals surface area contributed by atoms with Crippen molar-refractivity contribution in [3.05, 3.63) is 46.4 Å². The number of hydrogen-bond donors (Lipinski definition) is 2. The van der Waals surface area contributed by atoms with E-state index in [0.29, 0.717) is 80.3 Å². The molecule has 12 heteroatoms. The van der Waals surface area contributed by atoms with E-state index in [0.717, 1.165) is 18.4 Å². The van der Waals surface area contributed by atoms with Crippen molar-refractivity contribution in [1.82, 2.24) is 14.9 Å². The molecule has 0 unspecified atom stereocenters. The first-order valence-corrected chi connectivity index (χ1v) is 12.8. The van der Waals surface area contributed by atoms with Gasteiger partial charge in [-0.15, -0.1) is 0 Å². The van der Waals surface area contributed by atoms with Gasteiger partial charge in [0.2, 0.25) is 0 Å². The van der Waals surface area contributed by atoms with Crippen molar-refractivity contribution in [3.8, 4) is 6.07 Å². The first kappa shape index (κ1) is 26.3. The van der Waals surface area contributed by atoms with Crippen molar-refractivity contribution in [1.29, 1.82) is 5.26 Å². The molecule has 2 aromatic rings. The summed E-state index contributed by atoms with van der Waals surface area (Å²) >= 11 is 0. The molecule has 0 bridgehead atoms. The van der Waals surface area contributed by atoms with E-state index >= 15 is 0 Å². The Hall–Kier alpha value is -4.30. The zero-order valence-corrected chi connectivity index (χ0v) is 21.7. The van der Waals surface area contributed by atoms with Crippen molar-refractivity contribution < 1.29 is 23.9 Å². The Labute approximate surface area is 225 Å². The Morgan fingerprint density at radius 3 is 2.92 bits per heavy atom. The fourth-order valence-corrected chi connectivity index (χ4v) is 5.06. The van der Waals surface area contributed by atoms with E-state index in [9.17, 15) is 19.6 Å². The number of nitrogens with zero attached hydrogens (tertiary/aromatic N) is 5. The third-order valence-electron chi connectivity index (χ3n) is 7.29. The summed E-state index contributed by atoms with van der Waals surface area (Å²) < 4.78 is 10.6. The lowest BCUT2D eigenvalue weighted by molar-refractivity contribution is 0.0123. The minimum atomic E-state index is -0.440. The number of anilines is 3. The van der Waals surface area contributed by atoms with Gasteiger partial charge in [-0.25, -0.2) is 19.6 Å². The number of nitriles is 1. The largest absolute Gasteiger partial charge is 0.383 e. The highest BCUT2D eigenvalue weighted by Gasteiger charge is 2.51. The van der Waals surface area contributed by atoms with Gasteiger partial charge in [0.15, 0.2) is 6.29 Å². The van der Waals surface area contributed by atoms with E-state index in [1.54, 1.807) is 13.2 Å². The van der Waals surface area contributed by atoms with E-state index in [1.807, 2.05) is 16.9 Å². The van der Waals surface area contributed by atoms with Gasteiger partial charge in [0.1, 0.15) is 35.0 Å². The lowest BCUT2D eigenvalue weighted by Crippen LogP contribution is -2.46. The number of pyridine rings is 2. The van der Waals surface area contributed by atoms with Gasteiger partial charge in [-0.3, -0.25) is 15.0 Å². The maximum absolute atomic E-state index is 13.3. The van der Waals surface area contributed by atoms with Gasteiger partial charge >= 0.3 is 6.03 Å². The molecule has 1 saturated carbocycles. The fourth-order valence-electron chi connectivity index (χ4n) is 5.06. The highest BCUT2D eigenvalue weighted by molar-refractivity contribution is 6.01. The lowest BCUT2D eigenvalue weighted by Gasteiger charge is -2.38. The first-order valence-electron chi connectivity index (χ1n) is 12.8. The number of aldehydes is 1. The molecule has 1 aliphatic carbocycles. The number of aromatic nitrogens is 2. The van der Waals surface area contributed by atoms with Crippen molar-refractivity contribution >= 4 is 35.6 Å². The number of carbonyl (C=O) groups is 2. The van der Waals surface area contributed by atoms with Crippen LogP contribution in [0.15, 0.2) is 24.0 Å². The van der Waals surface area contributed by atoms with Crippen LogP contribution in [0.2, 0.25) is 0 Å². The lowest BCUT2D eigenvalue weighted by atomic mass is 10.0. The predicted molar refractivity (Wildman–Crippen MR) is 141 cm³/mol. The summed E-state index contributed by atoms with van der Waals surface area (Å²) in [5.41, 5.74) is 2.87. The molecule has 0 aromatic carbocycles. The number of amides is 2. The molecule has 2 amide bonds. The van der Waals surface area contributed by atoms with Crippen molar-refractivity contribution in [3.63, 3.8) is 0 Å². The third kappa shape index (κ3) is 5.33. The molecule has 3 aliphatic rings. The third-order valence-corrected chi connectivity index (χ3v) is 7.29. The Morgan fingerprint density at radius 2 is 2.21 bits per heavy atom. The van der Waals surface area contributed by atoms with Gasteiger partial charge in [-0.05, 0) is 37.3 Å². The van der Waals surface area contributed by atoms with E-state index in [4.69, 9.17) is 9.47 Å². The van der Waals surface area contributed by atoms with Gasteiger partial charge in [-0.2, -0.15) is 5.26 Å². The molecule has 2 aromatic heterocycles. The molecule has 2 fully saturated rings. The second kappa shape index (κ2) is 11.2. The van der Waals surface area contributed by atoms with Crippen LogP contribution in [0.1, 0.15) is 46.4 Å². The van der Waals surface area contributed by atoms with Crippen LogP contribution in [0.5, 0.6) is 0 Å². The second-order valence-electron chi connectivity index (χ2n) is 9.82. The van der Waals surface area contributed by atoms with Crippen LogP contribution in [-0.2, 0) is 27.2 Å². The average molecular weight is 532 g/mol. The molecule has 202 valence electrons. The monoisotopic (exact) mass is 531 g/mol. The van der Waals surface area contributed by atoms with Crippen LogP contribution >= 0.6 is 0 Å². The van der Waals surface area contributed by atoms with E-state index < -0.39 is 6.03 Å². The van der Waals surface area contributed by atoms with Crippen molar-refractivity contribution in [2.24, 2.45) is 0 Å². The summed E-state index contributed by atoms with van der Waals surface area (Å²) in [6.07, 6.45) is 5.32. The summed E-state index contributed by atoms with van der Waals surface area (Å²) in [5.74, 6) is 2.70. The fraction of sp³-hybridized carbons (Fsp3) is 0.444. The number of fused-ring (bicyclic) bond motifs is 1. The summed E-state index contributed by atoms with van der Waals surface area (Å²) in [5, 5.41) is 15.3. The quantitative estimate of drug-likeness (QED) is 0.295. The molecule has 12 nitrogen and oxygen atoms in total. The van der Waals surface area contributed by atoms with Gasteiger partial charge in [0, 0.05) is 44.6 Å². The second-order valence-corrected chi connectivity index (χ2v) is 9.82. The molecular weight excluding hydrogens is 502 g/mol. The van der Waals surface area contributed by atoms with Crippen LogP contribution < -0.4 is 15.5 Å². The average Bonchev–Trinajstić information content (AvgIpc) is 3.73. The van der Waals surface area contributed by atoms with Crippen molar-refractivity contribution in [2.45, 2.75) is 37.8 Å². The van der Waals surface area contributed by atoms with E-state index in [-0.39, 0.29) is 23.7 Å². The molecule has 0 atom stereocenters. The molecule has 5 rings (SSSR count). The van der Waals surface area contributed by atoms with Crippen LogP contribution in [0.3, 0.4) is 0 Å². The smallest absolute Gasteiger partial charge is 0.328 e. The normalized spacial score (nSPS) is 17.2. The van der Waals surface area contributed by atoms with E-state index in [1.165, 1.54) is 11.1 Å². The minimum absolute atomic E-state index is 0.195. The molecule has 1 saturated heterocycles. The number of nitrogens with one attached hydrogen (secondary N) is 2. The topological polar surface area (TPSA) is 150 Å². The zero-order valence-electron chi connectivity index (χ0n) is 21.7. The van der Waals surface area contributed by atoms with Gasteiger partial charge in [0.05, 0.1) is 36.6 Å². The Balaban J connectivity index is 1.37. The number of methoxy groups -OCH3 is 1. The molecule has 2 aliphatic heterocycles. The zero-order chi connectivity index (χ0) is 27.4. The molecule has 4 heterocycles. The highest BCUT2D eigenvalue weighted by Crippen LogP contribution is 2.47. The Morgan fingerprint density at radius 1 is 1.36 bits per heavy atom. The maximum Gasteiger partial charge on any atom is 0.328 e. The summed E-state index contributed by atoms with van der Waals surface area (Å²) in [6, 6.07) is 5.15. The summed E-state index contributed by atoms with van der Waals surface area (Å²) in [6.45, 7) is 2.44. The molecule has 0 radical (unpaired) electrons. The SMILES string of the molecule is COCCNc1cc(NC(=O)N2CCCc3cc(CN4C(=C=O)COCC45CC5)c(C=O)nc32)ncc1C#N. The number of hydrogen-bond acceptors (Lipinski definition) is 10. The minimum Gasteiger partial charge on any atom is -0.383 e. The van der Waals surface area contributed by atoms with E-state index in [2.05, 4.69) is 26.7 Å². The van der Waals surface area contributed by atoms with Crippen LogP contribution in [0, 0.1) is 11.3 Å². The Bertz CT molecular complexity index is 1380. The number of rotatable bonds is 8. The number of morpholine rings is 1. The molecular formula is C27H29N7O5. The summed E-state index contributed by atoms with van der Waals surface area (Å²) in [4.78, 5) is 49.3. The van der Waals surface area contributed by atoms with Crippen LogP contribution in [0.4, 0.5) is 22.1 Å². The Kier molecular flexibility index (Phi) is 7.56. The van der Waals surface area contributed by atoms with Gasteiger partial charge in [-0.1, -0.05) is 0 Å². The standard InChI is InChI=1S/C27H29N7O5/c1-38-8-6-29-22-10-24(30-12-20(22)11-28)32-26(37)33-7-2-3-18-9-19(23(15-36)31-25(18)33)13-34-21(14-35)16-39-17-27(34)4-5-27/h9-10,12,15H,2-8,13,16-17H2,1H3,(H2,29,30,32,37). The van der Waals surface area contributed by atoms with Crippen LogP contribution in [0.25, 0.3) is 0 Å². The number of ether oxygens (including phenoxy) is 2. The molecule has 2 N–H and O–H groups in total. The van der Waals surface area contributed by atoms with Gasteiger partial charge in [0.25, 0.3) is 0 Å². The summed E-state index contributed by atoms with van der Waals surface area (Å²) in [7, 11) is 1.58. The van der Waals surface area contributed by atoms with Crippen molar-refractivity contribution in [2.75, 3.05) is 55.6 Å². The molecule has 1 spiro atoms. The molecule has 39 heavy (non-hydrogen) atoms. The number of aryl methyl sites for hydroxylation is 1. The van der Waals surface area contributed by atoms with Crippen LogP contribution in [-0.4, -0.2) is 78.7 Å². The predicted octanol–water partition coefficient (Wildman–Crippen LogP) is 2.28. The number of urea groups is 1. The first-order chi connectivity index (χ1) is 19.0. The van der Waals surface area contributed by atoms with Gasteiger partial charge < -0.3 is 19.7 Å². The number of carbonyl (C=O) groups excluding carboxylic acids is 3. The maximum atomic E-state index is 13.3.